The van der Waals surface area contributed by atoms with Crippen molar-refractivity contribution in [3.63, 3.8) is 0 Å². The van der Waals surface area contributed by atoms with Gasteiger partial charge >= 0.3 is 12.1 Å². The molecule has 0 unspecified atom stereocenters. The van der Waals surface area contributed by atoms with Gasteiger partial charge in [0.1, 0.15) is 12.1 Å². The van der Waals surface area contributed by atoms with Crippen molar-refractivity contribution in [2.75, 3.05) is 31.6 Å². The van der Waals surface area contributed by atoms with E-state index in [0.717, 1.165) is 36.5 Å². The van der Waals surface area contributed by atoms with Crippen LogP contribution in [0.5, 0.6) is 0 Å². The standard InChI is InChI=1S/C14H22N4O2S.C2HF3O2/c1-3-17(2)14-12-6-8-18(21(19,20)11-4-5-11)9-7-13(12)15-10-16-14;3-2(4,5)1(6)7/h10-11H,3-9H2,1-2H3;(H,6,7). The molecule has 0 amide bonds. The van der Waals surface area contributed by atoms with Gasteiger partial charge in [-0.25, -0.2) is 27.5 Å². The molecule has 0 spiro atoms. The molecule has 0 aromatic carbocycles. The van der Waals surface area contributed by atoms with Gasteiger partial charge in [0.25, 0.3) is 0 Å². The van der Waals surface area contributed by atoms with Gasteiger partial charge in [0.05, 0.1) is 10.9 Å². The molecule has 1 aliphatic heterocycles. The minimum Gasteiger partial charge on any atom is -0.475 e. The molecule has 1 aromatic rings. The molecule has 3 rings (SSSR count). The van der Waals surface area contributed by atoms with Crippen LogP contribution in [0.25, 0.3) is 0 Å². The van der Waals surface area contributed by atoms with Crippen LogP contribution in [0.15, 0.2) is 6.33 Å². The summed E-state index contributed by atoms with van der Waals surface area (Å²) in [5.41, 5.74) is 2.10. The second-order valence-electron chi connectivity index (χ2n) is 6.58. The van der Waals surface area contributed by atoms with E-state index in [0.29, 0.717) is 25.9 Å². The molecule has 1 saturated carbocycles. The average molecular weight is 424 g/mol. The van der Waals surface area contributed by atoms with E-state index < -0.39 is 22.2 Å². The number of rotatable bonds is 4. The van der Waals surface area contributed by atoms with Crippen LogP contribution in [-0.4, -0.2) is 71.9 Å². The average Bonchev–Trinajstić information content (AvgIpc) is 3.46. The molecule has 2 heterocycles. The van der Waals surface area contributed by atoms with E-state index in [1.807, 2.05) is 7.05 Å². The normalized spacial score (nSPS) is 17.8. The molecule has 1 fully saturated rings. The zero-order valence-corrected chi connectivity index (χ0v) is 16.4. The maximum Gasteiger partial charge on any atom is 0.490 e. The molecule has 158 valence electrons. The summed E-state index contributed by atoms with van der Waals surface area (Å²) in [5.74, 6) is -1.82. The monoisotopic (exact) mass is 424 g/mol. The first-order valence-electron chi connectivity index (χ1n) is 8.81. The number of sulfonamides is 1. The number of halogens is 3. The van der Waals surface area contributed by atoms with Crippen molar-refractivity contribution >= 4 is 21.8 Å². The van der Waals surface area contributed by atoms with Crippen LogP contribution in [-0.2, 0) is 27.7 Å². The van der Waals surface area contributed by atoms with Gasteiger partial charge in [-0.05, 0) is 26.2 Å². The largest absolute Gasteiger partial charge is 0.490 e. The van der Waals surface area contributed by atoms with Gasteiger partial charge in [-0.1, -0.05) is 0 Å². The van der Waals surface area contributed by atoms with E-state index in [9.17, 15) is 21.6 Å². The highest BCUT2D eigenvalue weighted by atomic mass is 32.2. The first-order valence-corrected chi connectivity index (χ1v) is 10.3. The molecule has 1 aromatic heterocycles. The molecule has 0 bridgehead atoms. The summed E-state index contributed by atoms with van der Waals surface area (Å²) in [4.78, 5) is 19.7. The summed E-state index contributed by atoms with van der Waals surface area (Å²) in [6.07, 6.45) is -0.494. The predicted molar refractivity (Wildman–Crippen MR) is 95.6 cm³/mol. The summed E-state index contributed by atoms with van der Waals surface area (Å²) in [6.45, 7) is 4.03. The van der Waals surface area contributed by atoms with E-state index in [1.54, 1.807) is 10.6 Å². The highest BCUT2D eigenvalue weighted by Crippen LogP contribution is 2.32. The summed E-state index contributed by atoms with van der Waals surface area (Å²) >= 11 is 0. The van der Waals surface area contributed by atoms with Crippen LogP contribution in [0.2, 0.25) is 0 Å². The molecule has 12 heteroatoms. The van der Waals surface area contributed by atoms with Gasteiger partial charge < -0.3 is 10.0 Å². The fourth-order valence-electron chi connectivity index (χ4n) is 2.80. The smallest absolute Gasteiger partial charge is 0.475 e. The SMILES string of the molecule is CCN(C)c1ncnc2c1CCN(S(=O)(=O)C1CC1)CC2.O=C(O)C(F)(F)F. The third-order valence-electron chi connectivity index (χ3n) is 4.60. The number of nitrogens with zero attached hydrogens (tertiary/aromatic N) is 4. The predicted octanol–water partition coefficient (Wildman–Crippen LogP) is 1.46. The number of hydrogen-bond donors (Lipinski definition) is 1. The maximum absolute atomic E-state index is 12.4. The molecule has 0 atom stereocenters. The Kier molecular flexibility index (Phi) is 6.86. The van der Waals surface area contributed by atoms with Crippen molar-refractivity contribution in [3.05, 3.63) is 17.6 Å². The number of anilines is 1. The summed E-state index contributed by atoms with van der Waals surface area (Å²) in [7, 11) is -1.09. The van der Waals surface area contributed by atoms with E-state index in [4.69, 9.17) is 9.90 Å². The van der Waals surface area contributed by atoms with Gasteiger partial charge in [-0.3, -0.25) is 0 Å². The quantitative estimate of drug-likeness (QED) is 0.780. The minimum absolute atomic E-state index is 0.136. The van der Waals surface area contributed by atoms with Crippen LogP contribution in [0.1, 0.15) is 31.0 Å². The fraction of sp³-hybridized carbons (Fsp3) is 0.688. The van der Waals surface area contributed by atoms with Gasteiger partial charge in [0.2, 0.25) is 10.0 Å². The Hall–Kier alpha value is -1.95. The van der Waals surface area contributed by atoms with Gasteiger partial charge in [-0.2, -0.15) is 13.2 Å². The molecule has 8 nitrogen and oxygen atoms in total. The molecule has 28 heavy (non-hydrogen) atoms. The zero-order chi connectivity index (χ0) is 21.1. The maximum atomic E-state index is 12.4. The van der Waals surface area contributed by atoms with Crippen molar-refractivity contribution in [2.45, 2.75) is 44.0 Å². The lowest BCUT2D eigenvalue weighted by atomic mass is 10.1. The van der Waals surface area contributed by atoms with Crippen molar-refractivity contribution in [2.24, 2.45) is 0 Å². The number of aliphatic carboxylic acids is 1. The van der Waals surface area contributed by atoms with E-state index in [2.05, 4.69) is 21.8 Å². The van der Waals surface area contributed by atoms with Crippen molar-refractivity contribution < 1.29 is 31.5 Å². The Morgan fingerprint density at radius 3 is 2.36 bits per heavy atom. The number of hydrogen-bond acceptors (Lipinski definition) is 6. The van der Waals surface area contributed by atoms with Gasteiger partial charge in [0, 0.05) is 38.7 Å². The highest BCUT2D eigenvalue weighted by molar-refractivity contribution is 7.90. The van der Waals surface area contributed by atoms with E-state index in [1.165, 1.54) is 0 Å². The third-order valence-corrected chi connectivity index (χ3v) is 7.00. The Labute approximate surface area is 161 Å². The molecular formula is C16H23F3N4O4S. The molecule has 2 aliphatic rings. The van der Waals surface area contributed by atoms with Gasteiger partial charge in [0.15, 0.2) is 0 Å². The van der Waals surface area contributed by atoms with Crippen molar-refractivity contribution in [1.82, 2.24) is 14.3 Å². The molecule has 0 radical (unpaired) electrons. The van der Waals surface area contributed by atoms with Crippen molar-refractivity contribution in [3.8, 4) is 0 Å². The second kappa shape index (κ2) is 8.60. The molecular weight excluding hydrogens is 401 g/mol. The number of fused-ring (bicyclic) bond motifs is 1. The van der Waals surface area contributed by atoms with Crippen LogP contribution in [0.3, 0.4) is 0 Å². The fourth-order valence-corrected chi connectivity index (χ4v) is 4.64. The lowest BCUT2D eigenvalue weighted by Gasteiger charge is -2.20. The molecule has 1 N–H and O–H groups in total. The molecule has 0 saturated heterocycles. The zero-order valence-electron chi connectivity index (χ0n) is 15.6. The minimum atomic E-state index is -5.08. The number of aromatic nitrogens is 2. The van der Waals surface area contributed by atoms with Crippen molar-refractivity contribution in [1.29, 1.82) is 0 Å². The summed E-state index contributed by atoms with van der Waals surface area (Å²) < 4.78 is 58.2. The number of carboxylic acids is 1. The summed E-state index contributed by atoms with van der Waals surface area (Å²) in [5, 5.41) is 6.99. The number of alkyl halides is 3. The van der Waals surface area contributed by atoms with Gasteiger partial charge in [-0.15, -0.1) is 0 Å². The molecule has 1 aliphatic carbocycles. The summed E-state index contributed by atoms with van der Waals surface area (Å²) in [6, 6.07) is 0. The number of carboxylic acid groups (broad SMARTS) is 1. The number of carbonyl (C=O) groups is 1. The highest BCUT2D eigenvalue weighted by Gasteiger charge is 2.40. The first-order chi connectivity index (χ1) is 13.0. The Morgan fingerprint density at radius 1 is 1.29 bits per heavy atom. The van der Waals surface area contributed by atoms with Crippen LogP contribution in [0, 0.1) is 0 Å². The first kappa shape index (κ1) is 22.3. The third kappa shape index (κ3) is 5.31. The van der Waals surface area contributed by atoms with Crippen LogP contribution < -0.4 is 4.90 Å². The lowest BCUT2D eigenvalue weighted by molar-refractivity contribution is -0.192. The second-order valence-corrected chi connectivity index (χ2v) is 8.80. The van der Waals surface area contributed by atoms with E-state index >= 15 is 0 Å². The van der Waals surface area contributed by atoms with Crippen LogP contribution >= 0.6 is 0 Å². The Morgan fingerprint density at radius 2 is 1.86 bits per heavy atom. The van der Waals surface area contributed by atoms with Crippen LogP contribution in [0.4, 0.5) is 19.0 Å². The Bertz CT molecular complexity index is 813. The van der Waals surface area contributed by atoms with E-state index in [-0.39, 0.29) is 5.25 Å². The lowest BCUT2D eigenvalue weighted by Crippen LogP contribution is -2.35. The topological polar surface area (TPSA) is 104 Å². The Balaban J connectivity index is 0.000000345.